The van der Waals surface area contributed by atoms with Crippen LogP contribution < -0.4 is 5.32 Å². The second kappa shape index (κ2) is 6.00. The molecule has 1 heterocycles. The van der Waals surface area contributed by atoms with Gasteiger partial charge in [-0.25, -0.2) is 0 Å². The van der Waals surface area contributed by atoms with E-state index in [1.54, 1.807) is 6.26 Å². The summed E-state index contributed by atoms with van der Waals surface area (Å²) in [7, 11) is 0. The Labute approximate surface area is 126 Å². The molecule has 4 heteroatoms. The summed E-state index contributed by atoms with van der Waals surface area (Å²) in [5.41, 5.74) is 1.40. The van der Waals surface area contributed by atoms with Crippen LogP contribution in [-0.4, -0.2) is 17.3 Å². The Balaban J connectivity index is 1.78. The molecule has 1 saturated carbocycles. The molecule has 0 aliphatic heterocycles. The molecule has 1 fully saturated rings. The van der Waals surface area contributed by atoms with E-state index in [4.69, 9.17) is 4.42 Å². The fourth-order valence-corrected chi connectivity index (χ4v) is 3.76. The number of amides is 1. The molecule has 0 spiro atoms. The van der Waals surface area contributed by atoms with Crippen molar-refractivity contribution in [2.24, 2.45) is 5.92 Å². The van der Waals surface area contributed by atoms with Crippen molar-refractivity contribution in [1.82, 2.24) is 5.32 Å². The van der Waals surface area contributed by atoms with E-state index in [1.165, 1.54) is 19.3 Å². The number of nitrogens with one attached hydrogen (secondary N) is 1. The van der Waals surface area contributed by atoms with Gasteiger partial charge in [0.15, 0.2) is 0 Å². The van der Waals surface area contributed by atoms with Crippen LogP contribution in [-0.2, 0) is 0 Å². The number of carbonyl (C=O) groups excluding carboxylic acids is 1. The number of para-hydroxylation sites is 1. The summed E-state index contributed by atoms with van der Waals surface area (Å²) in [4.78, 5) is 12.5. The first-order chi connectivity index (χ1) is 9.79. The maximum absolute atomic E-state index is 12.5. The van der Waals surface area contributed by atoms with Crippen molar-refractivity contribution in [1.29, 1.82) is 0 Å². The van der Waals surface area contributed by atoms with Gasteiger partial charge in [-0.05, 0) is 24.8 Å². The predicted octanol–water partition coefficient (Wildman–Crippen LogP) is 4.12. The summed E-state index contributed by atoms with van der Waals surface area (Å²) in [6.45, 7) is 0. The standard InChI is InChI=1S/C16H18BrNO2/c17-9-11-5-1-3-7-14(11)18-16(19)13-10-20-15-8-4-2-6-12(13)15/h2,4,6,8,10-11,14H,1,3,5,7,9H2,(H,18,19). The molecule has 3 rings (SSSR count). The average Bonchev–Trinajstić information content (AvgIpc) is 2.92. The lowest BCUT2D eigenvalue weighted by atomic mass is 9.86. The van der Waals surface area contributed by atoms with Crippen LogP contribution in [0.3, 0.4) is 0 Å². The number of hydrogen-bond acceptors (Lipinski definition) is 2. The smallest absolute Gasteiger partial charge is 0.255 e. The van der Waals surface area contributed by atoms with Crippen molar-refractivity contribution in [3.8, 4) is 0 Å². The fourth-order valence-electron chi connectivity index (χ4n) is 2.98. The van der Waals surface area contributed by atoms with Gasteiger partial charge in [-0.15, -0.1) is 0 Å². The molecule has 0 radical (unpaired) electrons. The number of alkyl halides is 1. The van der Waals surface area contributed by atoms with Gasteiger partial charge >= 0.3 is 0 Å². The Kier molecular flexibility index (Phi) is 4.10. The van der Waals surface area contributed by atoms with Crippen molar-refractivity contribution >= 4 is 32.8 Å². The van der Waals surface area contributed by atoms with Crippen LogP contribution in [0.2, 0.25) is 0 Å². The van der Waals surface area contributed by atoms with Crippen molar-refractivity contribution in [3.05, 3.63) is 36.1 Å². The lowest BCUT2D eigenvalue weighted by molar-refractivity contribution is 0.0912. The number of fused-ring (bicyclic) bond motifs is 1. The minimum Gasteiger partial charge on any atom is -0.463 e. The van der Waals surface area contributed by atoms with Crippen molar-refractivity contribution < 1.29 is 9.21 Å². The van der Waals surface area contributed by atoms with Gasteiger partial charge < -0.3 is 9.73 Å². The summed E-state index contributed by atoms with van der Waals surface area (Å²) < 4.78 is 5.44. The van der Waals surface area contributed by atoms with Gasteiger partial charge in [-0.2, -0.15) is 0 Å². The normalized spacial score (nSPS) is 22.9. The van der Waals surface area contributed by atoms with Crippen molar-refractivity contribution in [3.63, 3.8) is 0 Å². The zero-order valence-electron chi connectivity index (χ0n) is 11.3. The highest BCUT2D eigenvalue weighted by Gasteiger charge is 2.26. The zero-order valence-corrected chi connectivity index (χ0v) is 12.9. The molecule has 1 aromatic carbocycles. The molecular weight excluding hydrogens is 318 g/mol. The topological polar surface area (TPSA) is 42.2 Å². The third kappa shape index (κ3) is 2.62. The number of rotatable bonds is 3. The van der Waals surface area contributed by atoms with Gasteiger partial charge in [-0.3, -0.25) is 4.79 Å². The quantitative estimate of drug-likeness (QED) is 0.857. The molecule has 3 nitrogen and oxygen atoms in total. The van der Waals surface area contributed by atoms with Gasteiger partial charge in [0.1, 0.15) is 11.8 Å². The molecule has 0 saturated heterocycles. The van der Waals surface area contributed by atoms with Gasteiger partial charge in [-0.1, -0.05) is 47.0 Å². The molecule has 0 bridgehead atoms. The van der Waals surface area contributed by atoms with Crippen LogP contribution in [0.15, 0.2) is 34.9 Å². The highest BCUT2D eigenvalue weighted by Crippen LogP contribution is 2.27. The lowest BCUT2D eigenvalue weighted by Crippen LogP contribution is -2.42. The molecule has 2 unspecified atom stereocenters. The Morgan fingerprint density at radius 3 is 2.95 bits per heavy atom. The first kappa shape index (κ1) is 13.7. The van der Waals surface area contributed by atoms with Crippen LogP contribution >= 0.6 is 15.9 Å². The van der Waals surface area contributed by atoms with Crippen molar-refractivity contribution in [2.75, 3.05) is 5.33 Å². The van der Waals surface area contributed by atoms with Crippen LogP contribution in [0.4, 0.5) is 0 Å². The van der Waals surface area contributed by atoms with Crippen molar-refractivity contribution in [2.45, 2.75) is 31.7 Å². The molecule has 20 heavy (non-hydrogen) atoms. The predicted molar refractivity (Wildman–Crippen MR) is 83.2 cm³/mol. The average molecular weight is 336 g/mol. The Morgan fingerprint density at radius 2 is 2.10 bits per heavy atom. The zero-order chi connectivity index (χ0) is 13.9. The van der Waals surface area contributed by atoms with E-state index < -0.39 is 0 Å². The largest absolute Gasteiger partial charge is 0.463 e. The fraction of sp³-hybridized carbons (Fsp3) is 0.438. The second-order valence-corrected chi connectivity index (χ2v) is 6.07. The Bertz CT molecular complexity index is 607. The maximum Gasteiger partial charge on any atom is 0.255 e. The van der Waals surface area contributed by atoms with E-state index in [0.29, 0.717) is 11.5 Å². The molecule has 1 aliphatic rings. The molecule has 2 atom stereocenters. The van der Waals surface area contributed by atoms with Gasteiger partial charge in [0.2, 0.25) is 0 Å². The second-order valence-electron chi connectivity index (χ2n) is 5.42. The van der Waals surface area contributed by atoms with Gasteiger partial charge in [0.05, 0.1) is 5.56 Å². The monoisotopic (exact) mass is 335 g/mol. The van der Waals surface area contributed by atoms with E-state index in [2.05, 4.69) is 21.2 Å². The van der Waals surface area contributed by atoms with E-state index in [9.17, 15) is 4.79 Å². The maximum atomic E-state index is 12.5. The summed E-state index contributed by atoms with van der Waals surface area (Å²) >= 11 is 3.56. The minimum absolute atomic E-state index is 0.0206. The summed E-state index contributed by atoms with van der Waals surface area (Å²) in [6.07, 6.45) is 6.27. The lowest BCUT2D eigenvalue weighted by Gasteiger charge is -2.30. The van der Waals surface area contributed by atoms with Crippen LogP contribution in [0.1, 0.15) is 36.0 Å². The molecule has 1 aromatic heterocycles. The Hall–Kier alpha value is -1.29. The number of furan rings is 1. The van der Waals surface area contributed by atoms with Crippen LogP contribution in [0.25, 0.3) is 11.0 Å². The summed E-state index contributed by atoms with van der Waals surface area (Å²) in [6, 6.07) is 7.92. The summed E-state index contributed by atoms with van der Waals surface area (Å²) in [5, 5.41) is 5.02. The van der Waals surface area contributed by atoms with E-state index in [-0.39, 0.29) is 11.9 Å². The van der Waals surface area contributed by atoms with Gasteiger partial charge in [0.25, 0.3) is 5.91 Å². The number of benzene rings is 1. The highest BCUT2D eigenvalue weighted by molar-refractivity contribution is 9.09. The highest BCUT2D eigenvalue weighted by atomic mass is 79.9. The SMILES string of the molecule is O=C(NC1CCCCC1CBr)c1coc2ccccc12. The third-order valence-electron chi connectivity index (χ3n) is 4.15. The molecule has 1 aliphatic carbocycles. The number of carbonyl (C=O) groups is 1. The molecule has 1 N–H and O–H groups in total. The number of halogens is 1. The van der Waals surface area contributed by atoms with E-state index >= 15 is 0 Å². The first-order valence-electron chi connectivity index (χ1n) is 7.12. The summed E-state index contributed by atoms with van der Waals surface area (Å²) in [5.74, 6) is 0.513. The first-order valence-corrected chi connectivity index (χ1v) is 8.25. The molecule has 1 amide bonds. The van der Waals surface area contributed by atoms with Crippen LogP contribution in [0, 0.1) is 5.92 Å². The van der Waals surface area contributed by atoms with Crippen LogP contribution in [0.5, 0.6) is 0 Å². The molecule has 106 valence electrons. The van der Waals surface area contributed by atoms with E-state index in [0.717, 1.165) is 22.7 Å². The van der Waals surface area contributed by atoms with E-state index in [1.807, 2.05) is 24.3 Å². The van der Waals surface area contributed by atoms with Gasteiger partial charge in [0, 0.05) is 16.8 Å². The molecular formula is C16H18BrNO2. The number of hydrogen-bond donors (Lipinski definition) is 1. The minimum atomic E-state index is -0.0206. The Morgan fingerprint density at radius 1 is 1.30 bits per heavy atom. The molecule has 2 aromatic rings. The third-order valence-corrected chi connectivity index (χ3v) is 4.98.